The van der Waals surface area contributed by atoms with Gasteiger partial charge in [-0.1, -0.05) is 19.9 Å². The molecule has 0 saturated heterocycles. The lowest BCUT2D eigenvalue weighted by Gasteiger charge is -2.13. The van der Waals surface area contributed by atoms with Gasteiger partial charge in [0.25, 0.3) is 0 Å². The van der Waals surface area contributed by atoms with Gasteiger partial charge in [-0.05, 0) is 42.4 Å². The quantitative estimate of drug-likeness (QED) is 0.707. The molecule has 1 aromatic carbocycles. The molecule has 19 heavy (non-hydrogen) atoms. The molecule has 1 N–H and O–H groups in total. The van der Waals surface area contributed by atoms with E-state index >= 15 is 0 Å². The summed E-state index contributed by atoms with van der Waals surface area (Å²) in [7, 11) is 0. The summed E-state index contributed by atoms with van der Waals surface area (Å²) in [6.45, 7) is 4.33. The maximum Gasteiger partial charge on any atom is 0.182 e. The molecule has 2 heterocycles. The van der Waals surface area contributed by atoms with Crippen molar-refractivity contribution in [2.75, 3.05) is 0 Å². The Bertz CT molecular complexity index is 778. The van der Waals surface area contributed by atoms with E-state index in [9.17, 15) is 0 Å². The fraction of sp³-hybridized carbons (Fsp3) is 0.200. The molecule has 4 heteroatoms. The number of aromatic nitrogens is 3. The number of pyridine rings is 1. The van der Waals surface area contributed by atoms with Gasteiger partial charge in [0.1, 0.15) is 0 Å². The molecule has 0 aliphatic rings. The average Bonchev–Trinajstić information content (AvgIpc) is 2.80. The summed E-state index contributed by atoms with van der Waals surface area (Å²) in [5, 5.41) is 1.11. The van der Waals surface area contributed by atoms with Crippen LogP contribution in [0.2, 0.25) is 0 Å². The molecule has 3 rings (SSSR count). The normalized spacial score (nSPS) is 11.3. The van der Waals surface area contributed by atoms with Gasteiger partial charge >= 0.3 is 0 Å². The van der Waals surface area contributed by atoms with E-state index in [2.05, 4.69) is 40.5 Å². The molecule has 0 aliphatic carbocycles. The first-order valence-electron chi connectivity index (χ1n) is 6.33. The fourth-order valence-corrected chi connectivity index (χ4v) is 2.60. The van der Waals surface area contributed by atoms with Gasteiger partial charge in [0.2, 0.25) is 0 Å². The highest BCUT2D eigenvalue weighted by atomic mass is 32.1. The van der Waals surface area contributed by atoms with Gasteiger partial charge < -0.3 is 4.98 Å². The molecule has 2 aromatic heterocycles. The van der Waals surface area contributed by atoms with Crippen molar-refractivity contribution >= 4 is 23.1 Å². The maximum absolute atomic E-state index is 5.42. The zero-order valence-electron chi connectivity index (χ0n) is 10.9. The average molecular weight is 269 g/mol. The van der Waals surface area contributed by atoms with Gasteiger partial charge in [-0.3, -0.25) is 9.55 Å². The van der Waals surface area contributed by atoms with Crippen molar-refractivity contribution in [3.05, 3.63) is 53.2 Å². The van der Waals surface area contributed by atoms with Crippen LogP contribution in [0.15, 0.2) is 42.7 Å². The third kappa shape index (κ3) is 1.98. The number of nitrogens with one attached hydrogen (secondary N) is 1. The Balaban J connectivity index is 2.37. The lowest BCUT2D eigenvalue weighted by atomic mass is 10.1. The van der Waals surface area contributed by atoms with Gasteiger partial charge in [0, 0.05) is 23.5 Å². The number of benzene rings is 1. The van der Waals surface area contributed by atoms with Crippen molar-refractivity contribution in [1.82, 2.24) is 14.5 Å². The molecule has 0 amide bonds. The van der Waals surface area contributed by atoms with Crippen molar-refractivity contribution in [3.8, 4) is 5.69 Å². The maximum atomic E-state index is 5.42. The Labute approximate surface area is 116 Å². The first-order chi connectivity index (χ1) is 9.18. The highest BCUT2D eigenvalue weighted by Gasteiger charge is 2.12. The van der Waals surface area contributed by atoms with Crippen LogP contribution >= 0.6 is 12.2 Å². The third-order valence-electron chi connectivity index (χ3n) is 3.26. The Morgan fingerprint density at radius 1 is 1.21 bits per heavy atom. The van der Waals surface area contributed by atoms with Crippen LogP contribution in [0.5, 0.6) is 0 Å². The second kappa shape index (κ2) is 4.63. The largest absolute Gasteiger partial charge is 0.337 e. The van der Waals surface area contributed by atoms with E-state index < -0.39 is 0 Å². The molecule has 0 atom stereocenters. The first-order valence-corrected chi connectivity index (χ1v) is 6.74. The molecule has 0 unspecified atom stereocenters. The van der Waals surface area contributed by atoms with E-state index in [0.29, 0.717) is 5.92 Å². The summed E-state index contributed by atoms with van der Waals surface area (Å²) in [5.41, 5.74) is 3.25. The predicted octanol–water partition coefficient (Wildman–Crippen LogP) is 4.21. The van der Waals surface area contributed by atoms with Crippen LogP contribution in [-0.2, 0) is 0 Å². The smallest absolute Gasteiger partial charge is 0.182 e. The number of rotatable bonds is 2. The molecule has 0 saturated carbocycles. The van der Waals surface area contributed by atoms with E-state index in [4.69, 9.17) is 12.2 Å². The van der Waals surface area contributed by atoms with Crippen LogP contribution in [0.25, 0.3) is 16.6 Å². The second-order valence-electron chi connectivity index (χ2n) is 4.86. The van der Waals surface area contributed by atoms with E-state index in [1.807, 2.05) is 30.6 Å². The minimum atomic E-state index is 0.403. The second-order valence-corrected chi connectivity index (χ2v) is 5.24. The molecule has 0 spiro atoms. The Hall–Kier alpha value is -1.94. The molecule has 3 aromatic rings. The lowest BCUT2D eigenvalue weighted by molar-refractivity contribution is 0.785. The van der Waals surface area contributed by atoms with Crippen LogP contribution in [0.4, 0.5) is 0 Å². The van der Waals surface area contributed by atoms with Gasteiger partial charge in [-0.2, -0.15) is 0 Å². The van der Waals surface area contributed by atoms with Gasteiger partial charge in [-0.25, -0.2) is 0 Å². The highest BCUT2D eigenvalue weighted by Crippen LogP contribution is 2.25. The van der Waals surface area contributed by atoms with Gasteiger partial charge in [-0.15, -0.1) is 0 Å². The number of nitrogens with zero attached hydrogens (tertiary/aromatic N) is 2. The summed E-state index contributed by atoms with van der Waals surface area (Å²) in [5.74, 6) is 0.403. The number of H-pyrrole nitrogens is 1. The number of hydrogen-bond acceptors (Lipinski definition) is 2. The summed E-state index contributed by atoms with van der Waals surface area (Å²) < 4.78 is 2.82. The molecule has 0 bridgehead atoms. The number of fused-ring (bicyclic) bond motifs is 1. The SMILES string of the molecule is CC(C)c1c[nH]c(=S)n1-c1cccc2ncccc12. The van der Waals surface area contributed by atoms with E-state index in [1.165, 1.54) is 5.69 Å². The van der Waals surface area contributed by atoms with E-state index in [-0.39, 0.29) is 0 Å². The van der Waals surface area contributed by atoms with Crippen LogP contribution in [0.3, 0.4) is 0 Å². The van der Waals surface area contributed by atoms with E-state index in [0.717, 1.165) is 21.4 Å². The third-order valence-corrected chi connectivity index (χ3v) is 3.56. The van der Waals surface area contributed by atoms with Crippen molar-refractivity contribution < 1.29 is 0 Å². The highest BCUT2D eigenvalue weighted by molar-refractivity contribution is 7.71. The molecule has 96 valence electrons. The summed E-state index contributed by atoms with van der Waals surface area (Å²) in [6, 6.07) is 10.2. The topological polar surface area (TPSA) is 33.6 Å². The van der Waals surface area contributed by atoms with Gasteiger partial charge in [0.05, 0.1) is 11.2 Å². The van der Waals surface area contributed by atoms with Crippen LogP contribution < -0.4 is 0 Å². The zero-order chi connectivity index (χ0) is 13.4. The van der Waals surface area contributed by atoms with Crippen molar-refractivity contribution in [2.45, 2.75) is 19.8 Å². The molecule has 0 radical (unpaired) electrons. The van der Waals surface area contributed by atoms with Gasteiger partial charge in [0.15, 0.2) is 4.77 Å². The summed E-state index contributed by atoms with van der Waals surface area (Å²) >= 11 is 5.42. The van der Waals surface area contributed by atoms with Crippen LogP contribution in [0.1, 0.15) is 25.5 Å². The van der Waals surface area contributed by atoms with Crippen LogP contribution in [-0.4, -0.2) is 14.5 Å². The molecule has 3 nitrogen and oxygen atoms in total. The lowest BCUT2D eigenvalue weighted by Crippen LogP contribution is -2.02. The predicted molar refractivity (Wildman–Crippen MR) is 80.3 cm³/mol. The van der Waals surface area contributed by atoms with E-state index in [1.54, 1.807) is 0 Å². The number of hydrogen-bond donors (Lipinski definition) is 1. The monoisotopic (exact) mass is 269 g/mol. The fourth-order valence-electron chi connectivity index (χ4n) is 2.34. The van der Waals surface area contributed by atoms with Crippen molar-refractivity contribution in [2.24, 2.45) is 0 Å². The number of aromatic amines is 1. The molecule has 0 fully saturated rings. The number of imidazole rings is 1. The molecule has 0 aliphatic heterocycles. The minimum Gasteiger partial charge on any atom is -0.337 e. The Kier molecular flexibility index (Phi) is 2.95. The minimum absolute atomic E-state index is 0.403. The zero-order valence-corrected chi connectivity index (χ0v) is 11.7. The molecular weight excluding hydrogens is 254 g/mol. The Morgan fingerprint density at radius 3 is 2.84 bits per heavy atom. The first kappa shape index (κ1) is 12.1. The van der Waals surface area contributed by atoms with Crippen LogP contribution in [0, 0.1) is 4.77 Å². The summed E-state index contributed by atoms with van der Waals surface area (Å²) in [6.07, 6.45) is 3.80. The summed E-state index contributed by atoms with van der Waals surface area (Å²) in [4.78, 5) is 7.54. The van der Waals surface area contributed by atoms with Crippen molar-refractivity contribution in [3.63, 3.8) is 0 Å². The Morgan fingerprint density at radius 2 is 2.05 bits per heavy atom. The van der Waals surface area contributed by atoms with Crippen molar-refractivity contribution in [1.29, 1.82) is 0 Å². The standard InChI is InChI=1S/C15H15N3S/c1-10(2)14-9-17-15(19)18(14)13-7-3-6-12-11(13)5-4-8-16-12/h3-10H,1-2H3,(H,17,19). The molecular formula is C15H15N3S.